The number of hydrogen-bond acceptors (Lipinski definition) is 3. The minimum absolute atomic E-state index is 0.277. The zero-order chi connectivity index (χ0) is 9.64. The van der Waals surface area contributed by atoms with E-state index >= 15 is 0 Å². The third-order valence-electron chi connectivity index (χ3n) is 2.70. The summed E-state index contributed by atoms with van der Waals surface area (Å²) in [5, 5.41) is 0. The monoisotopic (exact) mass is 214 g/mol. The van der Waals surface area contributed by atoms with E-state index in [-0.39, 0.29) is 4.06 Å². The maximum Gasteiger partial charge on any atom is 0.287 e. The second-order valence-electron chi connectivity index (χ2n) is 4.70. The Morgan fingerprint density at radius 2 is 2.00 bits per heavy atom. The SMILES string of the molecule is CC(C)(C)C1CCc2sc(=O)sc21. The smallest absolute Gasteiger partial charge is 0.265 e. The van der Waals surface area contributed by atoms with Crippen molar-refractivity contribution in [3.63, 3.8) is 0 Å². The van der Waals surface area contributed by atoms with Crippen LogP contribution in [0.2, 0.25) is 0 Å². The summed E-state index contributed by atoms with van der Waals surface area (Å²) >= 11 is 2.93. The van der Waals surface area contributed by atoms with Gasteiger partial charge < -0.3 is 0 Å². The molecule has 1 aromatic heterocycles. The second-order valence-corrected chi connectivity index (χ2v) is 7.04. The van der Waals surface area contributed by atoms with E-state index in [1.807, 2.05) is 0 Å². The first-order valence-corrected chi connectivity index (χ1v) is 6.24. The van der Waals surface area contributed by atoms with Crippen LogP contribution in [-0.4, -0.2) is 0 Å². The predicted molar refractivity (Wildman–Crippen MR) is 59.0 cm³/mol. The van der Waals surface area contributed by atoms with Crippen molar-refractivity contribution in [2.24, 2.45) is 5.41 Å². The van der Waals surface area contributed by atoms with Gasteiger partial charge >= 0.3 is 0 Å². The summed E-state index contributed by atoms with van der Waals surface area (Å²) in [7, 11) is 0. The lowest BCUT2D eigenvalue weighted by Crippen LogP contribution is -2.15. The molecule has 0 radical (unpaired) electrons. The molecule has 0 amide bonds. The fraction of sp³-hybridized carbons (Fsp3) is 0.700. The van der Waals surface area contributed by atoms with E-state index < -0.39 is 0 Å². The third kappa shape index (κ3) is 1.59. The molecule has 0 bridgehead atoms. The van der Waals surface area contributed by atoms with Crippen molar-refractivity contribution in [1.29, 1.82) is 0 Å². The Morgan fingerprint density at radius 1 is 1.31 bits per heavy atom. The van der Waals surface area contributed by atoms with E-state index in [0.717, 1.165) is 6.42 Å². The average molecular weight is 214 g/mol. The van der Waals surface area contributed by atoms with Gasteiger partial charge in [-0.05, 0) is 24.2 Å². The molecule has 0 fully saturated rings. The quantitative estimate of drug-likeness (QED) is 0.648. The molecule has 0 saturated heterocycles. The van der Waals surface area contributed by atoms with E-state index in [1.165, 1.54) is 38.8 Å². The molecule has 0 aromatic carbocycles. The lowest BCUT2D eigenvalue weighted by Gasteiger charge is -2.26. The first kappa shape index (κ1) is 9.41. The highest BCUT2D eigenvalue weighted by atomic mass is 32.2. The van der Waals surface area contributed by atoms with Crippen molar-refractivity contribution in [1.82, 2.24) is 0 Å². The minimum atomic E-state index is 0.277. The molecule has 0 saturated carbocycles. The van der Waals surface area contributed by atoms with Crippen LogP contribution in [0.25, 0.3) is 0 Å². The molecule has 1 aliphatic carbocycles. The largest absolute Gasteiger partial charge is 0.287 e. The topological polar surface area (TPSA) is 17.1 Å². The molecule has 0 aliphatic heterocycles. The molecule has 72 valence electrons. The van der Waals surface area contributed by atoms with Crippen molar-refractivity contribution in [2.75, 3.05) is 0 Å². The van der Waals surface area contributed by atoms with Gasteiger partial charge in [0, 0.05) is 9.75 Å². The van der Waals surface area contributed by atoms with Crippen LogP contribution in [0.4, 0.5) is 0 Å². The molecule has 1 unspecified atom stereocenters. The van der Waals surface area contributed by atoms with Crippen LogP contribution in [0.3, 0.4) is 0 Å². The molecule has 0 spiro atoms. The van der Waals surface area contributed by atoms with Crippen LogP contribution < -0.4 is 4.06 Å². The molecule has 2 rings (SSSR count). The summed E-state index contributed by atoms with van der Waals surface area (Å²) in [4.78, 5) is 13.9. The molecular formula is C10H14OS2. The summed E-state index contributed by atoms with van der Waals surface area (Å²) in [5.74, 6) is 0.617. The van der Waals surface area contributed by atoms with Gasteiger partial charge in [-0.25, -0.2) is 0 Å². The van der Waals surface area contributed by atoms with E-state index in [9.17, 15) is 4.79 Å². The Labute approximate surface area is 86.4 Å². The lowest BCUT2D eigenvalue weighted by atomic mass is 9.80. The molecule has 13 heavy (non-hydrogen) atoms. The Bertz CT molecular complexity index is 367. The van der Waals surface area contributed by atoms with E-state index in [1.54, 1.807) is 0 Å². The highest BCUT2D eigenvalue weighted by molar-refractivity contribution is 7.27. The number of hydrogen-bond donors (Lipinski definition) is 0. The van der Waals surface area contributed by atoms with Crippen LogP contribution in [0.15, 0.2) is 4.79 Å². The standard InChI is InChI=1S/C10H14OS2/c1-10(2,3)6-4-5-7-8(6)13-9(11)12-7/h6H,4-5H2,1-3H3. The van der Waals surface area contributed by atoms with Gasteiger partial charge in [0.05, 0.1) is 0 Å². The van der Waals surface area contributed by atoms with Crippen molar-refractivity contribution >= 4 is 22.7 Å². The molecule has 1 nitrogen and oxygen atoms in total. The van der Waals surface area contributed by atoms with Gasteiger partial charge in [-0.2, -0.15) is 0 Å². The molecule has 1 aliphatic rings. The van der Waals surface area contributed by atoms with Crippen molar-refractivity contribution in [3.8, 4) is 0 Å². The predicted octanol–water partition coefficient (Wildman–Crippen LogP) is 3.25. The number of aryl methyl sites for hydroxylation is 1. The Balaban J connectivity index is 2.43. The molecule has 1 aromatic rings. The Morgan fingerprint density at radius 3 is 2.62 bits per heavy atom. The number of rotatable bonds is 0. The fourth-order valence-electron chi connectivity index (χ4n) is 1.99. The summed E-state index contributed by atoms with van der Waals surface area (Å²) in [6, 6.07) is 0. The first-order chi connectivity index (χ1) is 5.98. The summed E-state index contributed by atoms with van der Waals surface area (Å²) in [6.07, 6.45) is 2.36. The van der Waals surface area contributed by atoms with E-state index in [0.29, 0.717) is 11.3 Å². The van der Waals surface area contributed by atoms with Gasteiger partial charge in [-0.15, -0.1) is 0 Å². The maximum absolute atomic E-state index is 11.2. The Hall–Kier alpha value is -0.150. The summed E-state index contributed by atoms with van der Waals surface area (Å²) in [5.41, 5.74) is 0.315. The van der Waals surface area contributed by atoms with Gasteiger partial charge in [-0.3, -0.25) is 4.79 Å². The lowest BCUT2D eigenvalue weighted by molar-refractivity contribution is 0.322. The second kappa shape index (κ2) is 2.92. The zero-order valence-corrected chi connectivity index (χ0v) is 9.85. The van der Waals surface area contributed by atoms with Gasteiger partial charge in [0.25, 0.3) is 4.06 Å². The van der Waals surface area contributed by atoms with Crippen molar-refractivity contribution in [3.05, 3.63) is 18.6 Å². The molecule has 3 heteroatoms. The van der Waals surface area contributed by atoms with E-state index in [4.69, 9.17) is 0 Å². The van der Waals surface area contributed by atoms with Gasteiger partial charge in [0.2, 0.25) is 0 Å². The van der Waals surface area contributed by atoms with Crippen LogP contribution in [0, 0.1) is 5.41 Å². The minimum Gasteiger partial charge on any atom is -0.265 e. The highest BCUT2D eigenvalue weighted by Crippen LogP contribution is 2.47. The third-order valence-corrected chi connectivity index (χ3v) is 5.08. The van der Waals surface area contributed by atoms with E-state index in [2.05, 4.69) is 20.8 Å². The maximum atomic E-state index is 11.2. The fourth-order valence-corrected chi connectivity index (χ4v) is 4.65. The zero-order valence-electron chi connectivity index (χ0n) is 8.22. The number of fused-ring (bicyclic) bond motifs is 1. The van der Waals surface area contributed by atoms with Gasteiger partial charge in [0.1, 0.15) is 0 Å². The van der Waals surface area contributed by atoms with Crippen molar-refractivity contribution in [2.45, 2.75) is 39.5 Å². The average Bonchev–Trinajstić information content (AvgIpc) is 2.41. The van der Waals surface area contributed by atoms with Crippen molar-refractivity contribution < 1.29 is 0 Å². The highest BCUT2D eigenvalue weighted by Gasteiger charge is 2.34. The van der Waals surface area contributed by atoms with Gasteiger partial charge in [-0.1, -0.05) is 43.4 Å². The molecular weight excluding hydrogens is 200 g/mol. The van der Waals surface area contributed by atoms with Crippen LogP contribution in [0.1, 0.15) is 42.9 Å². The normalized spacial score (nSPS) is 21.9. The van der Waals surface area contributed by atoms with Crippen LogP contribution in [-0.2, 0) is 6.42 Å². The van der Waals surface area contributed by atoms with Crippen LogP contribution >= 0.6 is 22.7 Å². The summed E-state index contributed by atoms with van der Waals surface area (Å²) < 4.78 is 0.277. The molecule has 0 N–H and O–H groups in total. The van der Waals surface area contributed by atoms with Crippen LogP contribution in [0.5, 0.6) is 0 Å². The summed E-state index contributed by atoms with van der Waals surface area (Å²) in [6.45, 7) is 6.80. The first-order valence-electron chi connectivity index (χ1n) is 4.61. The molecule has 1 atom stereocenters. The molecule has 1 heterocycles. The van der Waals surface area contributed by atoms with Gasteiger partial charge in [0.15, 0.2) is 0 Å². The Kier molecular flexibility index (Phi) is 2.11.